The molecule has 1 heterocycles. The lowest BCUT2D eigenvalue weighted by atomic mass is 10.1. The van der Waals surface area contributed by atoms with Crippen molar-refractivity contribution in [3.63, 3.8) is 0 Å². The van der Waals surface area contributed by atoms with Gasteiger partial charge in [0, 0.05) is 6.42 Å². The number of rotatable bonds is 5. The highest BCUT2D eigenvalue weighted by atomic mass is 16.3. The van der Waals surface area contributed by atoms with Crippen molar-refractivity contribution < 1.29 is 14.7 Å². The molecule has 0 bridgehead atoms. The van der Waals surface area contributed by atoms with E-state index in [1.54, 1.807) is 0 Å². The summed E-state index contributed by atoms with van der Waals surface area (Å²) in [6.45, 7) is -0.124. The Labute approximate surface area is 112 Å². The number of amides is 2. The van der Waals surface area contributed by atoms with Crippen LogP contribution < -0.4 is 10.6 Å². The molecule has 1 aromatic carbocycles. The lowest BCUT2D eigenvalue weighted by Gasteiger charge is -2.19. The van der Waals surface area contributed by atoms with E-state index in [4.69, 9.17) is 0 Å². The van der Waals surface area contributed by atoms with E-state index in [1.807, 2.05) is 30.3 Å². The molecular formula is C14H18N2O3. The standard InChI is InChI=1S/C14H18N2O3/c17-9-11(8-10-4-2-1-3-5-10)15-14(19)12-6-7-13(18)16-12/h1-5,11-12,17H,6-9H2,(H,15,19)(H,16,18)/t11-,12-/m1/s1. The second-order valence-corrected chi connectivity index (χ2v) is 4.74. The van der Waals surface area contributed by atoms with Gasteiger partial charge in [-0.3, -0.25) is 9.59 Å². The Morgan fingerprint density at radius 1 is 1.42 bits per heavy atom. The Hall–Kier alpha value is -1.88. The van der Waals surface area contributed by atoms with Crippen LogP contribution in [-0.2, 0) is 16.0 Å². The van der Waals surface area contributed by atoms with Crippen molar-refractivity contribution in [1.29, 1.82) is 0 Å². The number of hydrogen-bond acceptors (Lipinski definition) is 3. The van der Waals surface area contributed by atoms with E-state index in [2.05, 4.69) is 10.6 Å². The molecule has 1 saturated heterocycles. The van der Waals surface area contributed by atoms with Crippen LogP contribution in [0.15, 0.2) is 30.3 Å². The van der Waals surface area contributed by atoms with Crippen LogP contribution in [0.2, 0.25) is 0 Å². The third kappa shape index (κ3) is 3.79. The number of nitrogens with one attached hydrogen (secondary N) is 2. The zero-order valence-electron chi connectivity index (χ0n) is 10.6. The van der Waals surface area contributed by atoms with Crippen molar-refractivity contribution in [3.05, 3.63) is 35.9 Å². The molecule has 1 aromatic rings. The highest BCUT2D eigenvalue weighted by Crippen LogP contribution is 2.08. The molecule has 19 heavy (non-hydrogen) atoms. The molecule has 0 radical (unpaired) electrons. The molecule has 1 fully saturated rings. The molecular weight excluding hydrogens is 244 g/mol. The van der Waals surface area contributed by atoms with Gasteiger partial charge in [0.15, 0.2) is 0 Å². The van der Waals surface area contributed by atoms with Crippen LogP contribution in [-0.4, -0.2) is 35.6 Å². The number of aliphatic hydroxyl groups excluding tert-OH is 1. The van der Waals surface area contributed by atoms with Gasteiger partial charge in [-0.15, -0.1) is 0 Å². The minimum atomic E-state index is -0.461. The van der Waals surface area contributed by atoms with Crippen LogP contribution in [0.1, 0.15) is 18.4 Å². The lowest BCUT2D eigenvalue weighted by Crippen LogP contribution is -2.47. The monoisotopic (exact) mass is 262 g/mol. The summed E-state index contributed by atoms with van der Waals surface area (Å²) in [6.07, 6.45) is 1.48. The molecule has 1 aliphatic heterocycles. The average Bonchev–Trinajstić information content (AvgIpc) is 2.86. The first-order chi connectivity index (χ1) is 9.19. The van der Waals surface area contributed by atoms with E-state index in [1.165, 1.54) is 0 Å². The Bertz CT molecular complexity index is 447. The Morgan fingerprint density at radius 2 is 2.16 bits per heavy atom. The van der Waals surface area contributed by atoms with E-state index in [-0.39, 0.29) is 24.5 Å². The Morgan fingerprint density at radius 3 is 2.74 bits per heavy atom. The van der Waals surface area contributed by atoms with Gasteiger partial charge in [-0.2, -0.15) is 0 Å². The fraction of sp³-hybridized carbons (Fsp3) is 0.429. The minimum absolute atomic E-state index is 0.0937. The largest absolute Gasteiger partial charge is 0.394 e. The van der Waals surface area contributed by atoms with Crippen molar-refractivity contribution in [1.82, 2.24) is 10.6 Å². The fourth-order valence-corrected chi connectivity index (χ4v) is 2.17. The van der Waals surface area contributed by atoms with Crippen LogP contribution in [0.5, 0.6) is 0 Å². The van der Waals surface area contributed by atoms with Crippen molar-refractivity contribution in [2.75, 3.05) is 6.61 Å². The maximum Gasteiger partial charge on any atom is 0.242 e. The topological polar surface area (TPSA) is 78.4 Å². The quantitative estimate of drug-likeness (QED) is 0.698. The molecule has 102 valence electrons. The van der Waals surface area contributed by atoms with Gasteiger partial charge >= 0.3 is 0 Å². The zero-order valence-corrected chi connectivity index (χ0v) is 10.6. The van der Waals surface area contributed by atoms with E-state index < -0.39 is 6.04 Å². The van der Waals surface area contributed by atoms with Crippen LogP contribution in [0, 0.1) is 0 Å². The average molecular weight is 262 g/mol. The second-order valence-electron chi connectivity index (χ2n) is 4.74. The molecule has 0 spiro atoms. The summed E-state index contributed by atoms with van der Waals surface area (Å²) in [5, 5.41) is 14.7. The van der Waals surface area contributed by atoms with Crippen molar-refractivity contribution >= 4 is 11.8 Å². The van der Waals surface area contributed by atoms with Gasteiger partial charge < -0.3 is 15.7 Å². The highest BCUT2D eigenvalue weighted by molar-refractivity contribution is 5.90. The molecule has 0 aromatic heterocycles. The highest BCUT2D eigenvalue weighted by Gasteiger charge is 2.28. The van der Waals surface area contributed by atoms with Crippen LogP contribution in [0.3, 0.4) is 0 Å². The summed E-state index contributed by atoms with van der Waals surface area (Å²) in [7, 11) is 0. The van der Waals surface area contributed by atoms with Crippen LogP contribution in [0.4, 0.5) is 0 Å². The van der Waals surface area contributed by atoms with Gasteiger partial charge in [-0.05, 0) is 18.4 Å². The number of aliphatic hydroxyl groups is 1. The van der Waals surface area contributed by atoms with E-state index in [0.29, 0.717) is 19.3 Å². The third-order valence-corrected chi connectivity index (χ3v) is 3.20. The second kappa shape index (κ2) is 6.33. The molecule has 5 heteroatoms. The molecule has 2 amide bonds. The summed E-state index contributed by atoms with van der Waals surface area (Å²) in [4.78, 5) is 23.0. The molecule has 0 aliphatic carbocycles. The smallest absolute Gasteiger partial charge is 0.242 e. The van der Waals surface area contributed by atoms with Crippen molar-refractivity contribution in [3.8, 4) is 0 Å². The normalized spacial score (nSPS) is 19.8. The maximum absolute atomic E-state index is 11.9. The van der Waals surface area contributed by atoms with Gasteiger partial charge in [-0.1, -0.05) is 30.3 Å². The zero-order chi connectivity index (χ0) is 13.7. The SMILES string of the molecule is O=C1CC[C@H](C(=O)N[C@@H](CO)Cc2ccccc2)N1. The lowest BCUT2D eigenvalue weighted by molar-refractivity contribution is -0.126. The molecule has 2 rings (SSSR count). The molecule has 0 unspecified atom stereocenters. The Kier molecular flexibility index (Phi) is 4.52. The minimum Gasteiger partial charge on any atom is -0.394 e. The predicted molar refractivity (Wildman–Crippen MR) is 70.3 cm³/mol. The maximum atomic E-state index is 11.9. The summed E-state index contributed by atoms with van der Waals surface area (Å²) < 4.78 is 0. The van der Waals surface area contributed by atoms with Crippen LogP contribution in [0.25, 0.3) is 0 Å². The Balaban J connectivity index is 1.88. The predicted octanol–water partition coefficient (Wildman–Crippen LogP) is -0.0152. The van der Waals surface area contributed by atoms with Gasteiger partial charge in [0.05, 0.1) is 12.6 Å². The van der Waals surface area contributed by atoms with Gasteiger partial charge in [-0.25, -0.2) is 0 Å². The van der Waals surface area contributed by atoms with Gasteiger partial charge in [0.1, 0.15) is 6.04 Å². The number of benzene rings is 1. The summed E-state index contributed by atoms with van der Waals surface area (Å²) in [5.74, 6) is -0.315. The summed E-state index contributed by atoms with van der Waals surface area (Å²) in [5.41, 5.74) is 1.05. The van der Waals surface area contributed by atoms with Crippen molar-refractivity contribution in [2.45, 2.75) is 31.3 Å². The first kappa shape index (κ1) is 13.5. The van der Waals surface area contributed by atoms with Gasteiger partial charge in [0.2, 0.25) is 11.8 Å². The van der Waals surface area contributed by atoms with Crippen LogP contribution >= 0.6 is 0 Å². The van der Waals surface area contributed by atoms with E-state index >= 15 is 0 Å². The van der Waals surface area contributed by atoms with Gasteiger partial charge in [0.25, 0.3) is 0 Å². The summed E-state index contributed by atoms with van der Waals surface area (Å²) in [6, 6.07) is 8.87. The number of hydrogen-bond donors (Lipinski definition) is 3. The summed E-state index contributed by atoms with van der Waals surface area (Å²) >= 11 is 0. The van der Waals surface area contributed by atoms with E-state index in [9.17, 15) is 14.7 Å². The molecule has 2 atom stereocenters. The van der Waals surface area contributed by atoms with E-state index in [0.717, 1.165) is 5.56 Å². The molecule has 1 aliphatic rings. The molecule has 0 saturated carbocycles. The number of carbonyl (C=O) groups is 2. The first-order valence-electron chi connectivity index (χ1n) is 6.43. The van der Waals surface area contributed by atoms with Crippen molar-refractivity contribution in [2.24, 2.45) is 0 Å². The number of carbonyl (C=O) groups excluding carboxylic acids is 2. The molecule has 3 N–H and O–H groups in total. The third-order valence-electron chi connectivity index (χ3n) is 3.20. The first-order valence-corrected chi connectivity index (χ1v) is 6.43. The fourth-order valence-electron chi connectivity index (χ4n) is 2.17. The molecule has 5 nitrogen and oxygen atoms in total.